The second-order valence-electron chi connectivity index (χ2n) is 6.98. The van der Waals surface area contributed by atoms with Crippen molar-refractivity contribution >= 4 is 11.9 Å². The molecule has 1 aliphatic rings. The monoisotopic (exact) mass is 364 g/mol. The maximum Gasteiger partial charge on any atom is 0.314 e. The predicted octanol–water partition coefficient (Wildman–Crippen LogP) is 5.37. The molecule has 0 aliphatic heterocycles. The number of hydrogen-bond acceptors (Lipinski definition) is 4. The standard InChI is InChI=1S/C22H36O4/c1-3-5-7-9-13-17-25-21(23)19-15-11-12-16-20(19)22(24)26-18-14-10-8-6-4-2/h11-12,15-16,19-20H,3-10,13-14,17-18H2,1-2H3. The molecular weight excluding hydrogens is 328 g/mol. The van der Waals surface area contributed by atoms with Gasteiger partial charge in [0.15, 0.2) is 0 Å². The fraction of sp³-hybridized carbons (Fsp3) is 0.727. The van der Waals surface area contributed by atoms with Gasteiger partial charge >= 0.3 is 11.9 Å². The number of carbonyl (C=O) groups is 2. The van der Waals surface area contributed by atoms with Crippen molar-refractivity contribution in [2.75, 3.05) is 13.2 Å². The summed E-state index contributed by atoms with van der Waals surface area (Å²) in [4.78, 5) is 24.7. The molecule has 1 rings (SSSR count). The largest absolute Gasteiger partial charge is 0.465 e. The van der Waals surface area contributed by atoms with E-state index in [4.69, 9.17) is 9.47 Å². The average Bonchev–Trinajstić information content (AvgIpc) is 2.67. The van der Waals surface area contributed by atoms with E-state index in [1.54, 1.807) is 24.3 Å². The fourth-order valence-electron chi connectivity index (χ4n) is 3.01. The van der Waals surface area contributed by atoms with Gasteiger partial charge in [0, 0.05) is 0 Å². The molecule has 2 atom stereocenters. The first-order valence-corrected chi connectivity index (χ1v) is 10.4. The molecule has 0 saturated heterocycles. The van der Waals surface area contributed by atoms with E-state index in [9.17, 15) is 9.59 Å². The van der Waals surface area contributed by atoms with Crippen LogP contribution in [0.3, 0.4) is 0 Å². The van der Waals surface area contributed by atoms with Crippen LogP contribution in [0.2, 0.25) is 0 Å². The highest BCUT2D eigenvalue weighted by molar-refractivity contribution is 5.85. The average molecular weight is 365 g/mol. The second-order valence-corrected chi connectivity index (χ2v) is 6.98. The topological polar surface area (TPSA) is 52.6 Å². The Hall–Kier alpha value is -1.58. The molecule has 0 fully saturated rings. The Kier molecular flexibility index (Phi) is 12.6. The molecule has 4 nitrogen and oxygen atoms in total. The SMILES string of the molecule is CCCCCCCOC(=O)C1C=CC=CC1C(=O)OCCCCCCC. The Labute approximate surface area is 159 Å². The highest BCUT2D eigenvalue weighted by atomic mass is 16.5. The van der Waals surface area contributed by atoms with E-state index in [-0.39, 0.29) is 11.9 Å². The zero-order valence-electron chi connectivity index (χ0n) is 16.6. The van der Waals surface area contributed by atoms with E-state index in [1.165, 1.54) is 38.5 Å². The summed E-state index contributed by atoms with van der Waals surface area (Å²) in [6, 6.07) is 0. The van der Waals surface area contributed by atoms with Crippen molar-refractivity contribution in [1.82, 2.24) is 0 Å². The van der Waals surface area contributed by atoms with Crippen LogP contribution in [-0.4, -0.2) is 25.2 Å². The van der Waals surface area contributed by atoms with Gasteiger partial charge in [0.05, 0.1) is 25.0 Å². The van der Waals surface area contributed by atoms with Gasteiger partial charge in [-0.2, -0.15) is 0 Å². The van der Waals surface area contributed by atoms with Crippen LogP contribution in [0, 0.1) is 11.8 Å². The molecule has 0 N–H and O–H groups in total. The van der Waals surface area contributed by atoms with Gasteiger partial charge in [0.25, 0.3) is 0 Å². The number of esters is 2. The van der Waals surface area contributed by atoms with Crippen LogP contribution in [-0.2, 0) is 19.1 Å². The van der Waals surface area contributed by atoms with Crippen molar-refractivity contribution < 1.29 is 19.1 Å². The quantitative estimate of drug-likeness (QED) is 0.307. The van der Waals surface area contributed by atoms with E-state index < -0.39 is 11.8 Å². The number of ether oxygens (including phenoxy) is 2. The summed E-state index contributed by atoms with van der Waals surface area (Å²) in [6.07, 6.45) is 18.2. The second kappa shape index (κ2) is 14.6. The van der Waals surface area contributed by atoms with Gasteiger partial charge in [-0.15, -0.1) is 0 Å². The summed E-state index contributed by atoms with van der Waals surface area (Å²) >= 11 is 0. The maximum absolute atomic E-state index is 12.3. The lowest BCUT2D eigenvalue weighted by atomic mass is 9.88. The van der Waals surface area contributed by atoms with E-state index in [0.29, 0.717) is 13.2 Å². The molecule has 4 heteroatoms. The van der Waals surface area contributed by atoms with Crippen LogP contribution in [0.15, 0.2) is 24.3 Å². The third-order valence-corrected chi connectivity index (χ3v) is 4.66. The Bertz CT molecular complexity index is 411. The molecule has 0 heterocycles. The lowest BCUT2D eigenvalue weighted by Gasteiger charge is -2.21. The maximum atomic E-state index is 12.3. The summed E-state index contributed by atoms with van der Waals surface area (Å²) in [5, 5.41) is 0. The first-order valence-electron chi connectivity index (χ1n) is 10.4. The van der Waals surface area contributed by atoms with Gasteiger partial charge in [-0.3, -0.25) is 9.59 Å². The number of allylic oxidation sites excluding steroid dienone is 2. The van der Waals surface area contributed by atoms with Crippen LogP contribution in [0.4, 0.5) is 0 Å². The number of rotatable bonds is 14. The van der Waals surface area contributed by atoms with Gasteiger partial charge in [0.2, 0.25) is 0 Å². The fourth-order valence-corrected chi connectivity index (χ4v) is 3.01. The molecule has 2 unspecified atom stereocenters. The third-order valence-electron chi connectivity index (χ3n) is 4.66. The molecule has 0 bridgehead atoms. The Balaban J connectivity index is 2.31. The van der Waals surface area contributed by atoms with Crippen molar-refractivity contribution in [3.05, 3.63) is 24.3 Å². The summed E-state index contributed by atoms with van der Waals surface area (Å²) in [5.41, 5.74) is 0. The van der Waals surface area contributed by atoms with Gasteiger partial charge < -0.3 is 9.47 Å². The highest BCUT2D eigenvalue weighted by Gasteiger charge is 2.33. The zero-order chi connectivity index (χ0) is 19.0. The zero-order valence-corrected chi connectivity index (χ0v) is 16.6. The number of unbranched alkanes of at least 4 members (excludes halogenated alkanes) is 8. The van der Waals surface area contributed by atoms with Gasteiger partial charge in [-0.1, -0.05) is 89.5 Å². The minimum absolute atomic E-state index is 0.328. The van der Waals surface area contributed by atoms with Crippen LogP contribution in [0.1, 0.15) is 78.1 Å². The van der Waals surface area contributed by atoms with Crippen LogP contribution >= 0.6 is 0 Å². The van der Waals surface area contributed by atoms with Crippen LogP contribution < -0.4 is 0 Å². The van der Waals surface area contributed by atoms with Gasteiger partial charge in [-0.25, -0.2) is 0 Å². The molecular formula is C22H36O4. The molecule has 0 spiro atoms. The summed E-state index contributed by atoms with van der Waals surface area (Å²) in [7, 11) is 0. The lowest BCUT2D eigenvalue weighted by Crippen LogP contribution is -2.31. The van der Waals surface area contributed by atoms with Crippen molar-refractivity contribution in [2.24, 2.45) is 11.8 Å². The molecule has 148 valence electrons. The summed E-state index contributed by atoms with van der Waals surface area (Å²) in [6.45, 7) is 5.20. The van der Waals surface area contributed by atoms with E-state index in [0.717, 1.165) is 25.7 Å². The van der Waals surface area contributed by atoms with Crippen molar-refractivity contribution in [3.8, 4) is 0 Å². The lowest BCUT2D eigenvalue weighted by molar-refractivity contribution is -0.157. The molecule has 0 radical (unpaired) electrons. The number of carbonyl (C=O) groups excluding carboxylic acids is 2. The first kappa shape index (κ1) is 22.5. The van der Waals surface area contributed by atoms with Crippen molar-refractivity contribution in [1.29, 1.82) is 0 Å². The molecule has 0 aromatic rings. The molecule has 0 amide bonds. The minimum atomic E-state index is -0.566. The predicted molar refractivity (Wildman–Crippen MR) is 105 cm³/mol. The molecule has 0 aromatic carbocycles. The van der Waals surface area contributed by atoms with E-state index in [1.807, 2.05) is 0 Å². The van der Waals surface area contributed by atoms with Gasteiger partial charge in [-0.05, 0) is 12.8 Å². The minimum Gasteiger partial charge on any atom is -0.465 e. The molecule has 0 aromatic heterocycles. The molecule has 0 saturated carbocycles. The van der Waals surface area contributed by atoms with Crippen LogP contribution in [0.25, 0.3) is 0 Å². The highest BCUT2D eigenvalue weighted by Crippen LogP contribution is 2.23. The molecule has 26 heavy (non-hydrogen) atoms. The van der Waals surface area contributed by atoms with E-state index >= 15 is 0 Å². The smallest absolute Gasteiger partial charge is 0.314 e. The van der Waals surface area contributed by atoms with Crippen molar-refractivity contribution in [2.45, 2.75) is 78.1 Å². The summed E-state index contributed by atoms with van der Waals surface area (Å²) < 4.78 is 10.8. The van der Waals surface area contributed by atoms with Gasteiger partial charge in [0.1, 0.15) is 0 Å². The van der Waals surface area contributed by atoms with E-state index in [2.05, 4.69) is 13.8 Å². The first-order chi connectivity index (χ1) is 12.7. The number of hydrogen-bond donors (Lipinski definition) is 0. The third kappa shape index (κ3) is 9.21. The normalized spacial score (nSPS) is 18.7. The van der Waals surface area contributed by atoms with Crippen LogP contribution in [0.5, 0.6) is 0 Å². The Morgan fingerprint density at radius 2 is 1.04 bits per heavy atom. The van der Waals surface area contributed by atoms with Crippen molar-refractivity contribution in [3.63, 3.8) is 0 Å². The Morgan fingerprint density at radius 3 is 1.42 bits per heavy atom. The molecule has 1 aliphatic carbocycles. The summed E-state index contributed by atoms with van der Waals surface area (Å²) in [5.74, 6) is -1.79. The Morgan fingerprint density at radius 1 is 0.654 bits per heavy atom.